The maximum Gasteiger partial charge on any atom is 0.0659 e. The van der Waals surface area contributed by atoms with Crippen molar-refractivity contribution < 1.29 is 9.47 Å². The molecule has 0 aliphatic rings. The number of methoxy groups -OCH3 is 1. The summed E-state index contributed by atoms with van der Waals surface area (Å²) in [6.45, 7) is 9.51. The van der Waals surface area contributed by atoms with E-state index in [4.69, 9.17) is 15.2 Å². The lowest BCUT2D eigenvalue weighted by molar-refractivity contribution is -0.0114. The van der Waals surface area contributed by atoms with Crippen molar-refractivity contribution in [1.29, 1.82) is 0 Å². The highest BCUT2D eigenvalue weighted by Crippen LogP contribution is 2.18. The number of nitrogens with two attached hydrogens (primary N) is 1. The highest BCUT2D eigenvalue weighted by molar-refractivity contribution is 5.32. The van der Waals surface area contributed by atoms with Gasteiger partial charge < -0.3 is 15.2 Å². The lowest BCUT2D eigenvalue weighted by Crippen LogP contribution is -2.26. The van der Waals surface area contributed by atoms with Crippen LogP contribution in [0.25, 0.3) is 0 Å². The van der Waals surface area contributed by atoms with Gasteiger partial charge in [0, 0.05) is 13.7 Å². The van der Waals surface area contributed by atoms with Gasteiger partial charge >= 0.3 is 0 Å². The predicted octanol–water partition coefficient (Wildman–Crippen LogP) is 3.13. The summed E-state index contributed by atoms with van der Waals surface area (Å²) in [6.07, 6.45) is 0.864. The summed E-state index contributed by atoms with van der Waals surface area (Å²) in [7, 11) is 1.72. The Hall–Kier alpha value is -0.900. The van der Waals surface area contributed by atoms with Gasteiger partial charge in [0.05, 0.1) is 18.2 Å². The Kier molecular flexibility index (Phi) is 5.98. The maximum atomic E-state index is 6.17. The lowest BCUT2D eigenvalue weighted by atomic mass is 10.0. The fourth-order valence-electron chi connectivity index (χ4n) is 1.96. The normalized spacial score (nSPS) is 13.6. The van der Waals surface area contributed by atoms with Gasteiger partial charge in [0.1, 0.15) is 0 Å². The molecule has 0 saturated heterocycles. The van der Waals surface area contributed by atoms with Crippen molar-refractivity contribution in [2.24, 2.45) is 5.73 Å². The van der Waals surface area contributed by atoms with Crippen LogP contribution in [-0.2, 0) is 9.47 Å². The van der Waals surface area contributed by atoms with Gasteiger partial charge in [-0.3, -0.25) is 0 Å². The minimum Gasteiger partial charge on any atom is -0.379 e. The van der Waals surface area contributed by atoms with Crippen molar-refractivity contribution in [3.8, 4) is 0 Å². The molecule has 0 spiro atoms. The average Bonchev–Trinajstić information content (AvgIpc) is 2.34. The molecule has 3 nitrogen and oxygen atoms in total. The Labute approximate surface area is 117 Å². The molecule has 108 valence electrons. The van der Waals surface area contributed by atoms with Gasteiger partial charge in [0.15, 0.2) is 0 Å². The van der Waals surface area contributed by atoms with E-state index >= 15 is 0 Å². The van der Waals surface area contributed by atoms with E-state index in [1.54, 1.807) is 7.11 Å². The number of ether oxygens (including phenoxy) is 2. The highest BCUT2D eigenvalue weighted by Gasteiger charge is 2.16. The summed E-state index contributed by atoms with van der Waals surface area (Å²) in [5.41, 5.74) is 9.69. The fraction of sp³-hybridized carbons (Fsp3) is 0.625. The first-order chi connectivity index (χ1) is 8.85. The number of hydrogen-bond donors (Lipinski definition) is 1. The molecule has 1 unspecified atom stereocenters. The van der Waals surface area contributed by atoms with Crippen LogP contribution in [0, 0.1) is 13.8 Å². The summed E-state index contributed by atoms with van der Waals surface area (Å²) in [4.78, 5) is 0. The van der Waals surface area contributed by atoms with Crippen LogP contribution in [0.1, 0.15) is 43.0 Å². The second kappa shape index (κ2) is 7.04. The molecule has 0 aromatic heterocycles. The molecule has 1 atom stereocenters. The first-order valence-corrected chi connectivity index (χ1v) is 6.81. The summed E-state index contributed by atoms with van der Waals surface area (Å²) < 4.78 is 11.0. The van der Waals surface area contributed by atoms with Crippen molar-refractivity contribution in [2.75, 3.05) is 20.3 Å². The molecule has 0 aliphatic heterocycles. The van der Waals surface area contributed by atoms with E-state index in [0.717, 1.165) is 12.0 Å². The molecule has 19 heavy (non-hydrogen) atoms. The average molecular weight is 265 g/mol. The Balaban J connectivity index is 2.41. The standard InChI is InChI=1S/C16H27NO2/c1-12-6-7-14(13(2)10-12)15(17)11-19-9-8-16(3,4)18-5/h6-7,10,15H,8-9,11,17H2,1-5H3. The van der Waals surface area contributed by atoms with Crippen LogP contribution in [0.2, 0.25) is 0 Å². The van der Waals surface area contributed by atoms with Crippen LogP contribution >= 0.6 is 0 Å². The fourth-order valence-corrected chi connectivity index (χ4v) is 1.96. The van der Waals surface area contributed by atoms with E-state index in [2.05, 4.69) is 45.9 Å². The zero-order chi connectivity index (χ0) is 14.5. The zero-order valence-electron chi connectivity index (χ0n) is 12.8. The number of benzene rings is 1. The molecule has 0 fully saturated rings. The summed E-state index contributed by atoms with van der Waals surface area (Å²) in [6, 6.07) is 6.28. The molecule has 0 heterocycles. The van der Waals surface area contributed by atoms with Crippen molar-refractivity contribution in [3.05, 3.63) is 34.9 Å². The van der Waals surface area contributed by atoms with Crippen LogP contribution in [0.15, 0.2) is 18.2 Å². The molecule has 1 rings (SSSR count). The Morgan fingerprint density at radius 3 is 2.53 bits per heavy atom. The molecule has 1 aromatic rings. The van der Waals surface area contributed by atoms with Crippen molar-refractivity contribution in [2.45, 2.75) is 45.8 Å². The molecule has 0 amide bonds. The number of hydrogen-bond acceptors (Lipinski definition) is 3. The zero-order valence-corrected chi connectivity index (χ0v) is 12.8. The van der Waals surface area contributed by atoms with E-state index in [9.17, 15) is 0 Å². The monoisotopic (exact) mass is 265 g/mol. The van der Waals surface area contributed by atoms with Crippen LogP contribution < -0.4 is 5.73 Å². The maximum absolute atomic E-state index is 6.17. The molecule has 2 N–H and O–H groups in total. The van der Waals surface area contributed by atoms with E-state index in [1.807, 2.05) is 0 Å². The molecular formula is C16H27NO2. The van der Waals surface area contributed by atoms with E-state index in [-0.39, 0.29) is 11.6 Å². The second-order valence-corrected chi connectivity index (χ2v) is 5.76. The van der Waals surface area contributed by atoms with Crippen LogP contribution in [0.3, 0.4) is 0 Å². The van der Waals surface area contributed by atoms with E-state index < -0.39 is 0 Å². The molecule has 0 bridgehead atoms. The van der Waals surface area contributed by atoms with Gasteiger partial charge in [0.25, 0.3) is 0 Å². The minimum absolute atomic E-state index is 0.0637. The predicted molar refractivity (Wildman–Crippen MR) is 79.4 cm³/mol. The van der Waals surface area contributed by atoms with E-state index in [0.29, 0.717) is 13.2 Å². The third kappa shape index (κ3) is 5.31. The van der Waals surface area contributed by atoms with Crippen molar-refractivity contribution >= 4 is 0 Å². The van der Waals surface area contributed by atoms with Gasteiger partial charge in [0.2, 0.25) is 0 Å². The van der Waals surface area contributed by atoms with Crippen LogP contribution in [-0.4, -0.2) is 25.9 Å². The number of aryl methyl sites for hydroxylation is 2. The number of rotatable bonds is 7. The van der Waals surface area contributed by atoms with Crippen molar-refractivity contribution in [1.82, 2.24) is 0 Å². The largest absolute Gasteiger partial charge is 0.379 e. The molecule has 0 saturated carbocycles. The van der Waals surface area contributed by atoms with Gasteiger partial charge in [-0.1, -0.05) is 23.8 Å². The van der Waals surface area contributed by atoms with E-state index in [1.165, 1.54) is 11.1 Å². The van der Waals surface area contributed by atoms with Gasteiger partial charge in [-0.2, -0.15) is 0 Å². The lowest BCUT2D eigenvalue weighted by Gasteiger charge is -2.23. The Bertz CT molecular complexity index is 402. The molecule has 0 aliphatic carbocycles. The smallest absolute Gasteiger partial charge is 0.0659 e. The van der Waals surface area contributed by atoms with Gasteiger partial charge in [-0.05, 0) is 45.2 Å². The highest BCUT2D eigenvalue weighted by atomic mass is 16.5. The Morgan fingerprint density at radius 1 is 1.26 bits per heavy atom. The summed E-state index contributed by atoms with van der Waals surface area (Å²) in [5, 5.41) is 0. The molecule has 3 heteroatoms. The topological polar surface area (TPSA) is 44.5 Å². The first-order valence-electron chi connectivity index (χ1n) is 6.81. The SMILES string of the molecule is COC(C)(C)CCOCC(N)c1ccc(C)cc1C. The third-order valence-electron chi connectivity index (χ3n) is 3.52. The van der Waals surface area contributed by atoms with Crippen molar-refractivity contribution in [3.63, 3.8) is 0 Å². The second-order valence-electron chi connectivity index (χ2n) is 5.76. The Morgan fingerprint density at radius 2 is 1.95 bits per heavy atom. The third-order valence-corrected chi connectivity index (χ3v) is 3.52. The molecule has 1 aromatic carbocycles. The molecule has 0 radical (unpaired) electrons. The van der Waals surface area contributed by atoms with Crippen LogP contribution in [0.5, 0.6) is 0 Å². The summed E-state index contributed by atoms with van der Waals surface area (Å²) >= 11 is 0. The summed E-state index contributed by atoms with van der Waals surface area (Å²) in [5.74, 6) is 0. The quantitative estimate of drug-likeness (QED) is 0.770. The first kappa shape index (κ1) is 16.2. The molecular weight excluding hydrogens is 238 g/mol. The van der Waals surface area contributed by atoms with Gasteiger partial charge in [-0.15, -0.1) is 0 Å². The van der Waals surface area contributed by atoms with Crippen LogP contribution in [0.4, 0.5) is 0 Å². The minimum atomic E-state index is -0.135. The van der Waals surface area contributed by atoms with Gasteiger partial charge in [-0.25, -0.2) is 0 Å².